The van der Waals surface area contributed by atoms with Gasteiger partial charge < -0.3 is 19.5 Å². The van der Waals surface area contributed by atoms with Crippen molar-refractivity contribution in [1.29, 1.82) is 0 Å². The lowest BCUT2D eigenvalue weighted by atomic mass is 9.84. The van der Waals surface area contributed by atoms with Crippen LogP contribution in [0.25, 0.3) is 5.52 Å². The molecular weight excluding hydrogens is 378 g/mol. The zero-order valence-electron chi connectivity index (χ0n) is 16.8. The number of fused-ring (bicyclic) bond motifs is 1. The maximum atomic E-state index is 13.4. The monoisotopic (exact) mass is 403 g/mol. The topological polar surface area (TPSA) is 70.0 Å². The van der Waals surface area contributed by atoms with Gasteiger partial charge in [-0.3, -0.25) is 4.79 Å². The number of benzene rings is 1. The van der Waals surface area contributed by atoms with Crippen LogP contribution in [0, 0.1) is 0 Å². The first-order valence-electron chi connectivity index (χ1n) is 10.5. The van der Waals surface area contributed by atoms with E-state index in [1.165, 1.54) is 5.56 Å². The Balaban J connectivity index is 1.45. The van der Waals surface area contributed by atoms with Gasteiger partial charge in [0.1, 0.15) is 0 Å². The van der Waals surface area contributed by atoms with Crippen molar-refractivity contribution in [2.45, 2.75) is 24.8 Å². The van der Waals surface area contributed by atoms with Gasteiger partial charge in [0.05, 0.1) is 29.6 Å². The van der Waals surface area contributed by atoms with E-state index in [9.17, 15) is 9.59 Å². The third kappa shape index (κ3) is 3.30. The van der Waals surface area contributed by atoms with Crippen LogP contribution in [0.1, 0.15) is 34.7 Å². The number of nitrogens with one attached hydrogen (secondary N) is 1. The van der Waals surface area contributed by atoms with E-state index in [1.54, 1.807) is 12.5 Å². The Morgan fingerprint density at radius 3 is 2.80 bits per heavy atom. The number of carbonyl (C=O) groups is 2. The summed E-state index contributed by atoms with van der Waals surface area (Å²) in [6.07, 6.45) is 7.06. The van der Waals surface area contributed by atoms with Crippen LogP contribution >= 0.6 is 0 Å². The fourth-order valence-electron chi connectivity index (χ4n) is 4.79. The number of nitrogens with zero attached hydrogens (tertiary/aromatic N) is 4. The molecule has 154 valence electrons. The summed E-state index contributed by atoms with van der Waals surface area (Å²) >= 11 is 0. The van der Waals surface area contributed by atoms with Crippen molar-refractivity contribution < 1.29 is 9.59 Å². The average molecular weight is 403 g/mol. The lowest BCUT2D eigenvalue weighted by Gasteiger charge is -2.45. The summed E-state index contributed by atoms with van der Waals surface area (Å²) in [7, 11) is 0. The van der Waals surface area contributed by atoms with E-state index in [1.807, 2.05) is 50.7 Å². The molecule has 2 aliphatic heterocycles. The molecule has 2 atom stereocenters. The highest BCUT2D eigenvalue weighted by molar-refractivity contribution is 6.00. The fourth-order valence-corrected chi connectivity index (χ4v) is 4.79. The molecule has 2 aliphatic rings. The maximum Gasteiger partial charge on any atom is 0.317 e. The third-order valence-corrected chi connectivity index (χ3v) is 6.29. The van der Waals surface area contributed by atoms with Crippen molar-refractivity contribution in [1.82, 2.24) is 24.5 Å². The molecule has 0 saturated carbocycles. The van der Waals surface area contributed by atoms with Crippen LogP contribution in [-0.4, -0.2) is 63.3 Å². The number of rotatable bonds is 3. The minimum absolute atomic E-state index is 0.00460. The second-order valence-electron chi connectivity index (χ2n) is 8.01. The van der Waals surface area contributed by atoms with Crippen LogP contribution in [0.3, 0.4) is 0 Å². The number of hydrogen-bond donors (Lipinski definition) is 1. The van der Waals surface area contributed by atoms with Crippen molar-refractivity contribution in [3.05, 3.63) is 72.3 Å². The van der Waals surface area contributed by atoms with Gasteiger partial charge in [-0.15, -0.1) is 0 Å². The first-order valence-corrected chi connectivity index (χ1v) is 10.5. The molecule has 3 amide bonds. The molecule has 2 aromatic heterocycles. The SMILES string of the molecule is O=C(c1cccn2cncc12)N1CC[C@@H](c2ccccc2)[C@H](N2CCCNC2=O)C1. The summed E-state index contributed by atoms with van der Waals surface area (Å²) in [5, 5.41) is 2.97. The third-order valence-electron chi connectivity index (χ3n) is 6.29. The van der Waals surface area contributed by atoms with Gasteiger partial charge in [0, 0.05) is 38.3 Å². The second kappa shape index (κ2) is 7.82. The molecule has 5 rings (SSSR count). The molecule has 1 aromatic carbocycles. The van der Waals surface area contributed by atoms with E-state index < -0.39 is 0 Å². The molecule has 0 radical (unpaired) electrons. The van der Waals surface area contributed by atoms with Crippen LogP contribution in [0.4, 0.5) is 4.79 Å². The number of imidazole rings is 1. The van der Waals surface area contributed by atoms with Crippen molar-refractivity contribution in [2.24, 2.45) is 0 Å². The van der Waals surface area contributed by atoms with Gasteiger partial charge >= 0.3 is 6.03 Å². The zero-order valence-corrected chi connectivity index (χ0v) is 16.8. The predicted octanol–water partition coefficient (Wildman–Crippen LogP) is 2.75. The van der Waals surface area contributed by atoms with Crippen LogP contribution < -0.4 is 5.32 Å². The van der Waals surface area contributed by atoms with E-state index in [0.717, 1.165) is 24.9 Å². The highest BCUT2D eigenvalue weighted by atomic mass is 16.2. The molecule has 1 N–H and O–H groups in total. The normalized spacial score (nSPS) is 22.2. The van der Waals surface area contributed by atoms with E-state index in [0.29, 0.717) is 25.2 Å². The van der Waals surface area contributed by atoms with E-state index in [-0.39, 0.29) is 23.9 Å². The number of pyridine rings is 1. The van der Waals surface area contributed by atoms with Gasteiger partial charge in [0.25, 0.3) is 5.91 Å². The average Bonchev–Trinajstić information content (AvgIpc) is 3.28. The Hall–Kier alpha value is -3.35. The number of urea groups is 1. The van der Waals surface area contributed by atoms with Crippen molar-refractivity contribution >= 4 is 17.5 Å². The number of likely N-dealkylation sites (tertiary alicyclic amines) is 1. The van der Waals surface area contributed by atoms with Gasteiger partial charge in [-0.2, -0.15) is 0 Å². The summed E-state index contributed by atoms with van der Waals surface area (Å²) in [5.74, 6) is 0.208. The number of amides is 3. The summed E-state index contributed by atoms with van der Waals surface area (Å²) in [4.78, 5) is 34.1. The molecule has 7 nitrogen and oxygen atoms in total. The smallest absolute Gasteiger partial charge is 0.317 e. The van der Waals surface area contributed by atoms with Gasteiger partial charge in [-0.1, -0.05) is 30.3 Å². The first kappa shape index (κ1) is 18.7. The zero-order chi connectivity index (χ0) is 20.5. The Morgan fingerprint density at radius 2 is 1.97 bits per heavy atom. The highest BCUT2D eigenvalue weighted by Crippen LogP contribution is 2.33. The summed E-state index contributed by atoms with van der Waals surface area (Å²) in [6, 6.07) is 14.0. The Labute approximate surface area is 175 Å². The second-order valence-corrected chi connectivity index (χ2v) is 8.01. The van der Waals surface area contributed by atoms with Crippen LogP contribution in [0.15, 0.2) is 61.2 Å². The number of piperidine rings is 1. The molecule has 4 heterocycles. The Kier molecular flexibility index (Phi) is 4.86. The number of aromatic nitrogens is 2. The van der Waals surface area contributed by atoms with Crippen LogP contribution in [0.5, 0.6) is 0 Å². The molecular formula is C23H25N5O2. The minimum Gasteiger partial charge on any atom is -0.338 e. The summed E-state index contributed by atoms with van der Waals surface area (Å²) in [6.45, 7) is 2.63. The van der Waals surface area contributed by atoms with E-state index in [2.05, 4.69) is 22.4 Å². The number of carbonyl (C=O) groups excluding carboxylic acids is 2. The lowest BCUT2D eigenvalue weighted by Crippen LogP contribution is -2.59. The van der Waals surface area contributed by atoms with Gasteiger partial charge in [-0.05, 0) is 30.5 Å². The molecule has 3 aromatic rings. The van der Waals surface area contributed by atoms with E-state index >= 15 is 0 Å². The van der Waals surface area contributed by atoms with Crippen LogP contribution in [-0.2, 0) is 0 Å². The van der Waals surface area contributed by atoms with Gasteiger partial charge in [-0.25, -0.2) is 9.78 Å². The lowest BCUT2D eigenvalue weighted by molar-refractivity contribution is 0.0555. The first-order chi connectivity index (χ1) is 14.7. The highest BCUT2D eigenvalue weighted by Gasteiger charge is 2.39. The Bertz CT molecular complexity index is 1060. The maximum absolute atomic E-state index is 13.4. The molecule has 2 fully saturated rings. The standard InChI is InChI=1S/C23H25N5O2/c29-22(19-8-4-11-27-16-24-14-20(19)27)26-13-9-18(17-6-2-1-3-7-17)21(15-26)28-12-5-10-25-23(28)30/h1-4,6-8,11,14,16,18,21H,5,9-10,12-13,15H2,(H,25,30)/t18-,21+/m0/s1. The molecule has 0 unspecified atom stereocenters. The van der Waals surface area contributed by atoms with Crippen molar-refractivity contribution in [3.63, 3.8) is 0 Å². The molecule has 0 aliphatic carbocycles. The predicted molar refractivity (Wildman–Crippen MR) is 113 cm³/mol. The minimum atomic E-state index is -0.0463. The fraction of sp³-hybridized carbons (Fsp3) is 0.348. The molecule has 7 heteroatoms. The molecule has 30 heavy (non-hydrogen) atoms. The largest absolute Gasteiger partial charge is 0.338 e. The number of hydrogen-bond acceptors (Lipinski definition) is 3. The quantitative estimate of drug-likeness (QED) is 0.731. The van der Waals surface area contributed by atoms with Crippen molar-refractivity contribution in [2.75, 3.05) is 26.2 Å². The molecule has 2 saturated heterocycles. The molecule has 0 spiro atoms. The van der Waals surface area contributed by atoms with Crippen LogP contribution in [0.2, 0.25) is 0 Å². The molecule has 0 bridgehead atoms. The van der Waals surface area contributed by atoms with Gasteiger partial charge in [0.15, 0.2) is 0 Å². The van der Waals surface area contributed by atoms with E-state index in [4.69, 9.17) is 0 Å². The summed E-state index contributed by atoms with van der Waals surface area (Å²) in [5.41, 5.74) is 2.68. The Morgan fingerprint density at radius 1 is 1.10 bits per heavy atom. The summed E-state index contributed by atoms with van der Waals surface area (Å²) < 4.78 is 1.86. The van der Waals surface area contributed by atoms with Gasteiger partial charge in [0.2, 0.25) is 0 Å². The van der Waals surface area contributed by atoms with Crippen molar-refractivity contribution in [3.8, 4) is 0 Å².